The molecule has 0 saturated heterocycles. The van der Waals surface area contributed by atoms with E-state index in [0.717, 1.165) is 28.1 Å². The largest absolute Gasteiger partial charge is 0.361 e. The van der Waals surface area contributed by atoms with Crippen molar-refractivity contribution >= 4 is 54.0 Å². The first-order valence-electron chi connectivity index (χ1n) is 5.63. The molecule has 92 valence electrons. The van der Waals surface area contributed by atoms with E-state index < -0.39 is 0 Å². The molecule has 0 aliphatic carbocycles. The van der Waals surface area contributed by atoms with Crippen LogP contribution in [0.25, 0.3) is 10.2 Å². The molecule has 2 aromatic heterocycles. The third-order valence-corrected chi connectivity index (χ3v) is 4.98. The third kappa shape index (κ3) is 2.74. The number of rotatable bonds is 4. The SMILES string of the molecule is Brc1ccc2nc(NCCc3cccs3)sc2c1. The predicted octanol–water partition coefficient (Wildman–Crippen LogP) is 4.77. The molecule has 0 atom stereocenters. The van der Waals surface area contributed by atoms with Gasteiger partial charge in [0.15, 0.2) is 5.13 Å². The van der Waals surface area contributed by atoms with Gasteiger partial charge in [0.1, 0.15) is 0 Å². The average Bonchev–Trinajstić information content (AvgIpc) is 2.97. The molecule has 0 unspecified atom stereocenters. The van der Waals surface area contributed by atoms with Gasteiger partial charge in [-0.25, -0.2) is 4.98 Å². The fourth-order valence-corrected chi connectivity index (χ4v) is 3.87. The van der Waals surface area contributed by atoms with E-state index in [-0.39, 0.29) is 0 Å². The highest BCUT2D eigenvalue weighted by Crippen LogP contribution is 2.28. The number of anilines is 1. The fourth-order valence-electron chi connectivity index (χ4n) is 1.72. The molecule has 0 saturated carbocycles. The number of nitrogens with zero attached hydrogens (tertiary/aromatic N) is 1. The maximum Gasteiger partial charge on any atom is 0.183 e. The van der Waals surface area contributed by atoms with Gasteiger partial charge in [0, 0.05) is 15.9 Å². The topological polar surface area (TPSA) is 24.9 Å². The van der Waals surface area contributed by atoms with E-state index in [2.05, 4.69) is 49.8 Å². The maximum absolute atomic E-state index is 4.56. The highest BCUT2D eigenvalue weighted by Gasteiger charge is 2.03. The van der Waals surface area contributed by atoms with Crippen LogP contribution in [0, 0.1) is 0 Å². The van der Waals surface area contributed by atoms with Crippen molar-refractivity contribution in [3.05, 3.63) is 45.1 Å². The molecule has 0 aliphatic rings. The van der Waals surface area contributed by atoms with E-state index in [9.17, 15) is 0 Å². The van der Waals surface area contributed by atoms with Crippen molar-refractivity contribution in [1.82, 2.24) is 4.98 Å². The number of thiophene rings is 1. The van der Waals surface area contributed by atoms with E-state index in [4.69, 9.17) is 0 Å². The normalized spacial score (nSPS) is 10.9. The van der Waals surface area contributed by atoms with Crippen LogP contribution in [0.1, 0.15) is 4.88 Å². The smallest absolute Gasteiger partial charge is 0.183 e. The zero-order chi connectivity index (χ0) is 12.4. The molecule has 18 heavy (non-hydrogen) atoms. The summed E-state index contributed by atoms with van der Waals surface area (Å²) in [5.41, 5.74) is 1.06. The van der Waals surface area contributed by atoms with Crippen molar-refractivity contribution in [2.24, 2.45) is 0 Å². The van der Waals surface area contributed by atoms with Crippen LogP contribution in [0.15, 0.2) is 40.2 Å². The van der Waals surface area contributed by atoms with E-state index in [0.29, 0.717) is 0 Å². The summed E-state index contributed by atoms with van der Waals surface area (Å²) in [6.45, 7) is 0.932. The second-order valence-electron chi connectivity index (χ2n) is 3.89. The van der Waals surface area contributed by atoms with Crippen molar-refractivity contribution in [2.75, 3.05) is 11.9 Å². The lowest BCUT2D eigenvalue weighted by Gasteiger charge is -1.99. The van der Waals surface area contributed by atoms with E-state index in [1.807, 2.05) is 12.1 Å². The Bertz CT molecular complexity index is 646. The molecule has 3 rings (SSSR count). The first-order valence-corrected chi connectivity index (χ1v) is 8.12. The molecule has 0 radical (unpaired) electrons. The highest BCUT2D eigenvalue weighted by atomic mass is 79.9. The molecule has 0 bridgehead atoms. The van der Waals surface area contributed by atoms with Crippen LogP contribution in [0.4, 0.5) is 5.13 Å². The Morgan fingerprint density at radius 1 is 1.28 bits per heavy atom. The van der Waals surface area contributed by atoms with Gasteiger partial charge in [-0.15, -0.1) is 11.3 Å². The number of halogens is 1. The van der Waals surface area contributed by atoms with Gasteiger partial charge in [0.2, 0.25) is 0 Å². The number of thiazole rings is 1. The van der Waals surface area contributed by atoms with E-state index in [1.165, 1.54) is 9.58 Å². The lowest BCUT2D eigenvalue weighted by molar-refractivity contribution is 1.04. The number of hydrogen-bond acceptors (Lipinski definition) is 4. The van der Waals surface area contributed by atoms with Gasteiger partial charge in [-0.1, -0.05) is 33.3 Å². The molecular formula is C13H11BrN2S2. The molecule has 0 aliphatic heterocycles. The van der Waals surface area contributed by atoms with Gasteiger partial charge in [0.05, 0.1) is 10.2 Å². The summed E-state index contributed by atoms with van der Waals surface area (Å²) in [6, 6.07) is 10.4. The van der Waals surface area contributed by atoms with Gasteiger partial charge in [-0.3, -0.25) is 0 Å². The Balaban J connectivity index is 1.67. The van der Waals surface area contributed by atoms with Gasteiger partial charge < -0.3 is 5.32 Å². The minimum atomic E-state index is 0.932. The number of aromatic nitrogens is 1. The standard InChI is InChI=1S/C13H11BrN2S2/c14-9-3-4-11-12(8-9)18-13(16-11)15-6-5-10-2-1-7-17-10/h1-4,7-8H,5-6H2,(H,15,16). The summed E-state index contributed by atoms with van der Waals surface area (Å²) in [5.74, 6) is 0. The molecule has 5 heteroatoms. The minimum absolute atomic E-state index is 0.932. The molecular weight excluding hydrogens is 328 g/mol. The zero-order valence-corrected chi connectivity index (χ0v) is 12.7. The number of hydrogen-bond donors (Lipinski definition) is 1. The van der Waals surface area contributed by atoms with Crippen LogP contribution in [0.5, 0.6) is 0 Å². The monoisotopic (exact) mass is 338 g/mol. The van der Waals surface area contributed by atoms with Gasteiger partial charge >= 0.3 is 0 Å². The number of nitrogens with one attached hydrogen (secondary N) is 1. The van der Waals surface area contributed by atoms with Crippen LogP contribution in [-0.4, -0.2) is 11.5 Å². The first kappa shape index (κ1) is 12.1. The molecule has 0 amide bonds. The number of benzene rings is 1. The summed E-state index contributed by atoms with van der Waals surface area (Å²) < 4.78 is 2.31. The zero-order valence-electron chi connectivity index (χ0n) is 9.52. The second kappa shape index (κ2) is 5.38. The maximum atomic E-state index is 4.56. The van der Waals surface area contributed by atoms with Crippen LogP contribution in [0.2, 0.25) is 0 Å². The molecule has 2 nitrogen and oxygen atoms in total. The van der Waals surface area contributed by atoms with Crippen LogP contribution >= 0.6 is 38.6 Å². The average molecular weight is 339 g/mol. The quantitative estimate of drug-likeness (QED) is 0.740. The predicted molar refractivity (Wildman–Crippen MR) is 83.8 cm³/mol. The Morgan fingerprint density at radius 2 is 2.22 bits per heavy atom. The van der Waals surface area contributed by atoms with Gasteiger partial charge in [-0.2, -0.15) is 0 Å². The number of fused-ring (bicyclic) bond motifs is 1. The summed E-state index contributed by atoms with van der Waals surface area (Å²) in [5, 5.41) is 6.51. The van der Waals surface area contributed by atoms with Crippen LogP contribution < -0.4 is 5.32 Å². The minimum Gasteiger partial charge on any atom is -0.361 e. The Labute approximate surface area is 122 Å². The van der Waals surface area contributed by atoms with E-state index >= 15 is 0 Å². The molecule has 1 N–H and O–H groups in total. The van der Waals surface area contributed by atoms with Crippen LogP contribution in [-0.2, 0) is 6.42 Å². The lowest BCUT2D eigenvalue weighted by atomic mass is 10.3. The molecule has 0 spiro atoms. The van der Waals surface area contributed by atoms with Crippen molar-refractivity contribution in [3.63, 3.8) is 0 Å². The lowest BCUT2D eigenvalue weighted by Crippen LogP contribution is -2.03. The highest BCUT2D eigenvalue weighted by molar-refractivity contribution is 9.10. The molecule has 3 aromatic rings. The molecule has 2 heterocycles. The fraction of sp³-hybridized carbons (Fsp3) is 0.154. The van der Waals surface area contributed by atoms with Crippen molar-refractivity contribution < 1.29 is 0 Å². The Kier molecular flexibility index (Phi) is 3.63. The van der Waals surface area contributed by atoms with Crippen molar-refractivity contribution in [1.29, 1.82) is 0 Å². The molecule has 1 aromatic carbocycles. The third-order valence-electron chi connectivity index (χ3n) is 2.58. The van der Waals surface area contributed by atoms with E-state index in [1.54, 1.807) is 22.7 Å². The Morgan fingerprint density at radius 3 is 3.06 bits per heavy atom. The second-order valence-corrected chi connectivity index (χ2v) is 6.87. The molecule has 0 fully saturated rings. The van der Waals surface area contributed by atoms with Gasteiger partial charge in [-0.05, 0) is 36.1 Å². The summed E-state index contributed by atoms with van der Waals surface area (Å²) >= 11 is 6.98. The van der Waals surface area contributed by atoms with Crippen LogP contribution in [0.3, 0.4) is 0 Å². The summed E-state index contributed by atoms with van der Waals surface area (Å²) in [6.07, 6.45) is 1.05. The summed E-state index contributed by atoms with van der Waals surface area (Å²) in [7, 11) is 0. The van der Waals surface area contributed by atoms with Crippen molar-refractivity contribution in [3.8, 4) is 0 Å². The van der Waals surface area contributed by atoms with Gasteiger partial charge in [0.25, 0.3) is 0 Å². The summed E-state index contributed by atoms with van der Waals surface area (Å²) in [4.78, 5) is 5.97. The first-order chi connectivity index (χ1) is 8.81. The van der Waals surface area contributed by atoms with Crippen molar-refractivity contribution in [2.45, 2.75) is 6.42 Å². The Hall–Kier alpha value is -0.910.